The van der Waals surface area contributed by atoms with Gasteiger partial charge in [0.15, 0.2) is 6.61 Å². The summed E-state index contributed by atoms with van der Waals surface area (Å²) in [4.78, 5) is 11.9. The quantitative estimate of drug-likeness (QED) is 0.740. The van der Waals surface area contributed by atoms with Crippen molar-refractivity contribution in [3.8, 4) is 11.5 Å². The first-order valence-corrected chi connectivity index (χ1v) is 10.2. The summed E-state index contributed by atoms with van der Waals surface area (Å²) < 4.78 is 36.9. The molecular formula is C19H22N2O5S. The van der Waals surface area contributed by atoms with Crippen molar-refractivity contribution < 1.29 is 22.7 Å². The van der Waals surface area contributed by atoms with E-state index in [9.17, 15) is 13.2 Å². The van der Waals surface area contributed by atoms with Gasteiger partial charge in [-0.25, -0.2) is 8.42 Å². The number of carbonyl (C=O) groups excluding carboxylic acids is 1. The molecule has 8 heteroatoms. The van der Waals surface area contributed by atoms with Crippen LogP contribution in [-0.4, -0.2) is 46.9 Å². The summed E-state index contributed by atoms with van der Waals surface area (Å²) in [6.45, 7) is 0.293. The maximum atomic E-state index is 12.5. The summed E-state index contributed by atoms with van der Waals surface area (Å²) in [7, 11) is -1.91. The van der Waals surface area contributed by atoms with Gasteiger partial charge in [0.1, 0.15) is 11.5 Å². The molecule has 0 spiro atoms. The summed E-state index contributed by atoms with van der Waals surface area (Å²) in [5, 5.41) is 2.58. The maximum Gasteiger partial charge on any atom is 0.257 e. The number of benzene rings is 2. The number of ether oxygens (including phenoxy) is 2. The second kappa shape index (κ2) is 8.30. The number of hydrogen-bond acceptors (Lipinski definition) is 5. The van der Waals surface area contributed by atoms with Crippen LogP contribution in [0.5, 0.6) is 11.5 Å². The summed E-state index contributed by atoms with van der Waals surface area (Å²) in [6.07, 6.45) is 0.706. The van der Waals surface area contributed by atoms with Crippen LogP contribution in [0.1, 0.15) is 5.56 Å². The monoisotopic (exact) mass is 390 g/mol. The molecule has 2 aromatic rings. The molecule has 0 atom stereocenters. The van der Waals surface area contributed by atoms with Crippen molar-refractivity contribution >= 4 is 21.6 Å². The predicted octanol–water partition coefficient (Wildman–Crippen LogP) is 1.58. The van der Waals surface area contributed by atoms with Crippen molar-refractivity contribution in [3.05, 3.63) is 54.1 Å². The van der Waals surface area contributed by atoms with E-state index in [-0.39, 0.29) is 24.8 Å². The molecule has 0 saturated carbocycles. The second-order valence-corrected chi connectivity index (χ2v) is 8.09. The zero-order valence-electron chi connectivity index (χ0n) is 15.1. The fourth-order valence-corrected chi connectivity index (χ4v) is 4.33. The maximum absolute atomic E-state index is 12.5. The van der Waals surface area contributed by atoms with Crippen molar-refractivity contribution in [1.82, 2.24) is 5.32 Å². The summed E-state index contributed by atoms with van der Waals surface area (Å²) >= 11 is 0. The van der Waals surface area contributed by atoms with Gasteiger partial charge < -0.3 is 14.8 Å². The molecule has 1 N–H and O–H groups in total. The smallest absolute Gasteiger partial charge is 0.257 e. The molecule has 7 nitrogen and oxygen atoms in total. The molecule has 0 radical (unpaired) electrons. The van der Waals surface area contributed by atoms with Gasteiger partial charge in [-0.3, -0.25) is 9.10 Å². The zero-order valence-corrected chi connectivity index (χ0v) is 15.9. The van der Waals surface area contributed by atoms with Crippen molar-refractivity contribution in [2.75, 3.05) is 36.9 Å². The molecule has 0 aliphatic carbocycles. The molecule has 1 aliphatic heterocycles. The van der Waals surface area contributed by atoms with Gasteiger partial charge in [0.05, 0.1) is 18.6 Å². The van der Waals surface area contributed by atoms with Gasteiger partial charge >= 0.3 is 0 Å². The summed E-state index contributed by atoms with van der Waals surface area (Å²) in [5.74, 6) is 0.700. The molecule has 0 saturated heterocycles. The first-order chi connectivity index (χ1) is 13.0. The fraction of sp³-hybridized carbons (Fsp3) is 0.316. The largest absolute Gasteiger partial charge is 0.497 e. The van der Waals surface area contributed by atoms with Crippen LogP contribution in [0.2, 0.25) is 0 Å². The van der Waals surface area contributed by atoms with Gasteiger partial charge in [0.2, 0.25) is 10.0 Å². The molecular weight excluding hydrogens is 368 g/mol. The highest BCUT2D eigenvalue weighted by Gasteiger charge is 2.28. The number of rotatable bonds is 8. The number of sulfonamides is 1. The van der Waals surface area contributed by atoms with E-state index in [1.54, 1.807) is 37.4 Å². The van der Waals surface area contributed by atoms with Gasteiger partial charge in [-0.1, -0.05) is 18.2 Å². The lowest BCUT2D eigenvalue weighted by atomic mass is 10.2. The second-order valence-electron chi connectivity index (χ2n) is 6.08. The molecule has 1 heterocycles. The van der Waals surface area contributed by atoms with Crippen LogP contribution >= 0.6 is 0 Å². The average molecular weight is 390 g/mol. The van der Waals surface area contributed by atoms with Crippen LogP contribution in [0.4, 0.5) is 5.69 Å². The molecule has 2 aromatic carbocycles. The zero-order chi connectivity index (χ0) is 19.3. The highest BCUT2D eigenvalue weighted by molar-refractivity contribution is 7.92. The molecule has 0 aromatic heterocycles. The highest BCUT2D eigenvalue weighted by atomic mass is 32.2. The first kappa shape index (κ1) is 19.0. The van der Waals surface area contributed by atoms with E-state index in [0.29, 0.717) is 24.5 Å². The van der Waals surface area contributed by atoms with Crippen LogP contribution < -0.4 is 19.1 Å². The normalized spacial score (nSPS) is 13.1. The van der Waals surface area contributed by atoms with Crippen molar-refractivity contribution in [2.45, 2.75) is 6.42 Å². The molecule has 0 bridgehead atoms. The van der Waals surface area contributed by atoms with E-state index in [4.69, 9.17) is 9.47 Å². The van der Waals surface area contributed by atoms with Crippen molar-refractivity contribution in [2.24, 2.45) is 0 Å². The van der Waals surface area contributed by atoms with E-state index in [2.05, 4.69) is 5.32 Å². The average Bonchev–Trinajstić information content (AvgIpc) is 3.12. The van der Waals surface area contributed by atoms with Crippen LogP contribution in [0.25, 0.3) is 0 Å². The number of amides is 1. The Labute approximate surface area is 158 Å². The number of methoxy groups -OCH3 is 1. The number of fused-ring (bicyclic) bond motifs is 1. The third-order valence-electron chi connectivity index (χ3n) is 4.29. The van der Waals surface area contributed by atoms with E-state index in [1.807, 2.05) is 18.2 Å². The van der Waals surface area contributed by atoms with Gasteiger partial charge in [0, 0.05) is 13.1 Å². The Hall–Kier alpha value is -2.74. The Balaban J connectivity index is 1.45. The fourth-order valence-electron chi connectivity index (χ4n) is 2.90. The Kier molecular flexibility index (Phi) is 5.85. The summed E-state index contributed by atoms with van der Waals surface area (Å²) in [6, 6.07) is 14.3. The Morgan fingerprint density at radius 1 is 1.11 bits per heavy atom. The van der Waals surface area contributed by atoms with E-state index in [1.165, 1.54) is 4.31 Å². The lowest BCUT2D eigenvalue weighted by molar-refractivity contribution is -0.122. The number of nitrogens with one attached hydrogen (secondary N) is 1. The number of carbonyl (C=O) groups is 1. The molecule has 27 heavy (non-hydrogen) atoms. The Bertz CT molecular complexity index is 897. The molecule has 0 fully saturated rings. The minimum absolute atomic E-state index is 0.0335. The van der Waals surface area contributed by atoms with Gasteiger partial charge in [-0.15, -0.1) is 0 Å². The number of anilines is 1. The topological polar surface area (TPSA) is 84.9 Å². The lowest BCUT2D eigenvalue weighted by Crippen LogP contribution is -2.38. The third kappa shape index (κ3) is 4.71. The van der Waals surface area contributed by atoms with E-state index >= 15 is 0 Å². The Morgan fingerprint density at radius 2 is 1.81 bits per heavy atom. The molecule has 1 aliphatic rings. The predicted molar refractivity (Wildman–Crippen MR) is 103 cm³/mol. The minimum Gasteiger partial charge on any atom is -0.497 e. The summed E-state index contributed by atoms with van der Waals surface area (Å²) in [5.41, 5.74) is 1.75. The molecule has 0 unspecified atom stereocenters. The SMILES string of the molecule is COc1ccc(OCC(=O)NCCS(=O)(=O)N2CCc3ccccc32)cc1. The lowest BCUT2D eigenvalue weighted by Gasteiger charge is -2.19. The number of hydrogen-bond donors (Lipinski definition) is 1. The van der Waals surface area contributed by atoms with Crippen LogP contribution in [0.15, 0.2) is 48.5 Å². The molecule has 144 valence electrons. The van der Waals surface area contributed by atoms with E-state index < -0.39 is 10.0 Å². The number of para-hydroxylation sites is 1. The van der Waals surface area contributed by atoms with Crippen LogP contribution in [0.3, 0.4) is 0 Å². The third-order valence-corrected chi connectivity index (χ3v) is 6.06. The first-order valence-electron chi connectivity index (χ1n) is 8.61. The van der Waals surface area contributed by atoms with Crippen LogP contribution in [0, 0.1) is 0 Å². The Morgan fingerprint density at radius 3 is 2.56 bits per heavy atom. The molecule has 1 amide bonds. The van der Waals surface area contributed by atoms with Gasteiger partial charge in [0.25, 0.3) is 5.91 Å². The van der Waals surface area contributed by atoms with Gasteiger partial charge in [-0.05, 0) is 42.3 Å². The number of nitrogens with zero attached hydrogens (tertiary/aromatic N) is 1. The van der Waals surface area contributed by atoms with Crippen molar-refractivity contribution in [3.63, 3.8) is 0 Å². The van der Waals surface area contributed by atoms with Crippen LogP contribution in [-0.2, 0) is 21.2 Å². The van der Waals surface area contributed by atoms with Crippen molar-refractivity contribution in [1.29, 1.82) is 0 Å². The highest BCUT2D eigenvalue weighted by Crippen LogP contribution is 2.29. The standard InChI is InChI=1S/C19H22N2O5S/c1-25-16-6-8-17(9-7-16)26-14-19(22)20-11-13-27(23,24)21-12-10-15-4-2-3-5-18(15)21/h2-9H,10-14H2,1H3,(H,20,22). The van der Waals surface area contributed by atoms with Gasteiger partial charge in [-0.2, -0.15) is 0 Å². The van der Waals surface area contributed by atoms with E-state index in [0.717, 1.165) is 11.3 Å². The molecule has 3 rings (SSSR count). The minimum atomic E-state index is -3.48.